The standard InChI is InChI=1S/C8H9N5O2/c9-8(10)12-11-5-6-1-3-7(4-2-6)13(14)15/h1-5H,(H4,9,10,12)/p+1. The number of benzene rings is 1. The molecular weight excluding hydrogens is 198 g/mol. The van der Waals surface area contributed by atoms with Gasteiger partial charge in [0.05, 0.1) is 4.92 Å². The van der Waals surface area contributed by atoms with Crippen LogP contribution >= 0.6 is 0 Å². The molecule has 0 fully saturated rings. The van der Waals surface area contributed by atoms with E-state index < -0.39 is 4.92 Å². The number of rotatable bonds is 3. The minimum absolute atomic E-state index is 0.0361. The summed E-state index contributed by atoms with van der Waals surface area (Å²) in [6.07, 6.45) is 1.52. The van der Waals surface area contributed by atoms with Crippen LogP contribution in [0.25, 0.3) is 0 Å². The lowest BCUT2D eigenvalue weighted by molar-refractivity contribution is -0.456. The van der Waals surface area contributed by atoms with Crippen LogP contribution in [-0.2, 0) is 0 Å². The first-order valence-electron chi connectivity index (χ1n) is 4.01. The number of nitrogens with one attached hydrogen (secondary N) is 1. The maximum absolute atomic E-state index is 10.3. The van der Waals surface area contributed by atoms with Gasteiger partial charge >= 0.3 is 0 Å². The second-order valence-electron chi connectivity index (χ2n) is 2.66. The SMILES string of the molecule is NC(N)=N[NH+]=Cc1ccc([N+](=O)[O-])cc1. The zero-order chi connectivity index (χ0) is 11.3. The summed E-state index contributed by atoms with van der Waals surface area (Å²) in [6.45, 7) is 0. The Morgan fingerprint density at radius 1 is 1.40 bits per heavy atom. The van der Waals surface area contributed by atoms with Gasteiger partial charge in [-0.05, 0) is 12.1 Å². The van der Waals surface area contributed by atoms with Crippen LogP contribution in [0.4, 0.5) is 5.69 Å². The van der Waals surface area contributed by atoms with Gasteiger partial charge in [0.2, 0.25) is 6.21 Å². The number of nitrogens with two attached hydrogens (primary N) is 2. The molecule has 0 aliphatic rings. The topological polar surface area (TPSA) is 122 Å². The van der Waals surface area contributed by atoms with E-state index >= 15 is 0 Å². The number of hydrazone groups is 1. The Labute approximate surface area is 85.3 Å². The number of hydrogen-bond acceptors (Lipinski definition) is 3. The molecule has 0 saturated heterocycles. The van der Waals surface area contributed by atoms with E-state index in [2.05, 4.69) is 10.2 Å². The van der Waals surface area contributed by atoms with Crippen molar-refractivity contribution in [3.8, 4) is 0 Å². The third-order valence-electron chi connectivity index (χ3n) is 1.53. The van der Waals surface area contributed by atoms with Gasteiger partial charge in [0, 0.05) is 22.8 Å². The molecule has 15 heavy (non-hydrogen) atoms. The van der Waals surface area contributed by atoms with Crippen LogP contribution in [0, 0.1) is 10.1 Å². The van der Waals surface area contributed by atoms with E-state index in [9.17, 15) is 10.1 Å². The minimum atomic E-state index is -0.465. The van der Waals surface area contributed by atoms with Crippen LogP contribution in [0.15, 0.2) is 29.4 Å². The number of hydrogen-bond donors (Lipinski definition) is 3. The van der Waals surface area contributed by atoms with Gasteiger partial charge in [-0.2, -0.15) is 0 Å². The summed E-state index contributed by atoms with van der Waals surface area (Å²) < 4.78 is 0. The first-order chi connectivity index (χ1) is 7.09. The lowest BCUT2D eigenvalue weighted by Crippen LogP contribution is -2.63. The van der Waals surface area contributed by atoms with Gasteiger partial charge in [-0.3, -0.25) is 10.1 Å². The number of nitrogens with zero attached hydrogens (tertiary/aromatic N) is 2. The molecule has 0 bridgehead atoms. The fourth-order valence-corrected chi connectivity index (χ4v) is 0.874. The van der Waals surface area contributed by atoms with E-state index in [4.69, 9.17) is 11.5 Å². The van der Waals surface area contributed by atoms with Gasteiger partial charge in [-0.15, -0.1) is 5.10 Å². The van der Waals surface area contributed by atoms with Crippen molar-refractivity contribution in [3.63, 3.8) is 0 Å². The van der Waals surface area contributed by atoms with Crippen LogP contribution in [0.5, 0.6) is 0 Å². The van der Waals surface area contributed by atoms with E-state index in [0.717, 1.165) is 5.56 Å². The highest BCUT2D eigenvalue weighted by atomic mass is 16.6. The largest absolute Gasteiger partial charge is 0.365 e. The lowest BCUT2D eigenvalue weighted by Gasteiger charge is -1.89. The second kappa shape index (κ2) is 4.70. The number of non-ortho nitro benzene ring substituents is 1. The van der Waals surface area contributed by atoms with E-state index in [0.29, 0.717) is 0 Å². The molecule has 7 nitrogen and oxygen atoms in total. The molecular formula is C8H10N5O2+. The quantitative estimate of drug-likeness (QED) is 0.237. The first-order valence-corrected chi connectivity index (χ1v) is 4.01. The maximum atomic E-state index is 10.3. The van der Waals surface area contributed by atoms with Crippen molar-refractivity contribution in [2.45, 2.75) is 0 Å². The fraction of sp³-hybridized carbons (Fsp3) is 0. The Morgan fingerprint density at radius 2 is 2.00 bits per heavy atom. The van der Waals surface area contributed by atoms with Gasteiger partial charge < -0.3 is 11.5 Å². The van der Waals surface area contributed by atoms with Crippen molar-refractivity contribution in [1.82, 2.24) is 0 Å². The Balaban J connectivity index is 2.77. The third-order valence-corrected chi connectivity index (χ3v) is 1.53. The van der Waals surface area contributed by atoms with Crippen molar-refractivity contribution in [2.24, 2.45) is 16.6 Å². The molecule has 0 aromatic heterocycles. The molecule has 78 valence electrons. The highest BCUT2D eigenvalue weighted by Crippen LogP contribution is 2.09. The molecule has 0 aliphatic heterocycles. The normalized spacial score (nSPS) is 10.1. The summed E-state index contributed by atoms with van der Waals surface area (Å²) >= 11 is 0. The lowest BCUT2D eigenvalue weighted by atomic mass is 10.2. The first kappa shape index (κ1) is 10.6. The predicted octanol–water partition coefficient (Wildman–Crippen LogP) is -1.72. The third kappa shape index (κ3) is 3.43. The van der Waals surface area contributed by atoms with Crippen LogP contribution in [-0.4, -0.2) is 17.1 Å². The molecule has 0 amide bonds. The summed E-state index contributed by atoms with van der Waals surface area (Å²) in [5, 5.41) is 16.3. The molecule has 0 atom stereocenters. The smallest absolute Gasteiger partial charge is 0.269 e. The molecule has 0 spiro atoms. The molecule has 0 saturated carbocycles. The number of nitro benzene ring substituents is 1. The van der Waals surface area contributed by atoms with Crippen molar-refractivity contribution in [1.29, 1.82) is 0 Å². The molecule has 0 radical (unpaired) electrons. The van der Waals surface area contributed by atoms with Crippen molar-refractivity contribution >= 4 is 17.9 Å². The molecule has 1 rings (SSSR count). The summed E-state index contributed by atoms with van der Waals surface area (Å²) in [6, 6.07) is 5.94. The molecule has 1 aromatic rings. The predicted molar refractivity (Wildman–Crippen MR) is 55.0 cm³/mol. The summed E-state index contributed by atoms with van der Waals surface area (Å²) in [5.41, 5.74) is 10.9. The van der Waals surface area contributed by atoms with Crippen LogP contribution in [0.3, 0.4) is 0 Å². The highest BCUT2D eigenvalue weighted by molar-refractivity contribution is 5.77. The summed E-state index contributed by atoms with van der Waals surface area (Å²) in [4.78, 5) is 9.88. The van der Waals surface area contributed by atoms with Gasteiger partial charge in [0.1, 0.15) is 0 Å². The van der Waals surface area contributed by atoms with Gasteiger partial charge in [-0.1, -0.05) is 0 Å². The van der Waals surface area contributed by atoms with E-state index in [1.54, 1.807) is 12.1 Å². The molecule has 0 unspecified atom stereocenters. The van der Waals surface area contributed by atoms with Crippen molar-refractivity contribution in [2.75, 3.05) is 0 Å². The average Bonchev–Trinajstić information content (AvgIpc) is 2.18. The average molecular weight is 208 g/mol. The molecule has 0 heterocycles. The van der Waals surface area contributed by atoms with Crippen molar-refractivity contribution < 1.29 is 10.0 Å². The summed E-state index contributed by atoms with van der Waals surface area (Å²) in [7, 11) is 0. The fourth-order valence-electron chi connectivity index (χ4n) is 0.874. The van der Waals surface area contributed by atoms with Crippen molar-refractivity contribution in [3.05, 3.63) is 39.9 Å². The Kier molecular flexibility index (Phi) is 3.33. The maximum Gasteiger partial charge on any atom is 0.269 e. The number of nitro groups is 1. The Bertz CT molecular complexity index is 406. The number of guanidine groups is 1. The van der Waals surface area contributed by atoms with Crippen LogP contribution < -0.4 is 16.6 Å². The van der Waals surface area contributed by atoms with Gasteiger partial charge in [-0.25, -0.2) is 0 Å². The zero-order valence-electron chi connectivity index (χ0n) is 7.75. The van der Waals surface area contributed by atoms with Gasteiger partial charge in [0.15, 0.2) is 0 Å². The van der Waals surface area contributed by atoms with E-state index in [-0.39, 0.29) is 11.6 Å². The molecule has 1 aromatic carbocycles. The van der Waals surface area contributed by atoms with Gasteiger partial charge in [0.25, 0.3) is 11.6 Å². The van der Waals surface area contributed by atoms with E-state index in [1.165, 1.54) is 18.3 Å². The second-order valence-corrected chi connectivity index (χ2v) is 2.66. The Morgan fingerprint density at radius 3 is 2.47 bits per heavy atom. The summed E-state index contributed by atoms with van der Waals surface area (Å²) in [5.74, 6) is -0.0897. The van der Waals surface area contributed by atoms with E-state index in [1.807, 2.05) is 0 Å². The van der Waals surface area contributed by atoms with Crippen LogP contribution in [0.1, 0.15) is 5.56 Å². The monoisotopic (exact) mass is 208 g/mol. The highest BCUT2D eigenvalue weighted by Gasteiger charge is 2.03. The minimum Gasteiger partial charge on any atom is -0.365 e. The van der Waals surface area contributed by atoms with Crippen LogP contribution in [0.2, 0.25) is 0 Å². The molecule has 7 heteroatoms. The molecule has 5 N–H and O–H groups in total. The Hall–Kier alpha value is -2.44. The molecule has 0 aliphatic carbocycles. The zero-order valence-corrected chi connectivity index (χ0v) is 7.75.